The van der Waals surface area contributed by atoms with Crippen LogP contribution in [-0.2, 0) is 21.2 Å². The number of aryl methyl sites for hydroxylation is 1. The summed E-state index contributed by atoms with van der Waals surface area (Å²) in [7, 11) is -3.68. The van der Waals surface area contributed by atoms with E-state index in [4.69, 9.17) is 16.9 Å². The Morgan fingerprint density at radius 1 is 1.37 bits per heavy atom. The molecule has 27 heavy (non-hydrogen) atoms. The molecule has 1 aromatic heterocycles. The minimum absolute atomic E-state index is 0.0360. The van der Waals surface area contributed by atoms with E-state index in [0.29, 0.717) is 10.8 Å². The third-order valence-corrected chi connectivity index (χ3v) is 6.82. The SMILES string of the molecule is N#Cc1ccc(N2CCC(NS(=O)(=O)CCc3ccc(Cl)s3)C2=O)c(F)c1. The number of carbonyl (C=O) groups is 1. The Hall–Kier alpha value is -1.99. The molecule has 1 fully saturated rings. The number of nitrogens with zero attached hydrogens (tertiary/aromatic N) is 2. The van der Waals surface area contributed by atoms with Crippen LogP contribution in [-0.4, -0.2) is 32.7 Å². The fraction of sp³-hybridized carbons (Fsp3) is 0.294. The molecule has 0 radical (unpaired) electrons. The van der Waals surface area contributed by atoms with Gasteiger partial charge in [0.15, 0.2) is 0 Å². The molecule has 0 spiro atoms. The molecule has 1 unspecified atom stereocenters. The topological polar surface area (TPSA) is 90.3 Å². The van der Waals surface area contributed by atoms with E-state index in [9.17, 15) is 17.6 Å². The van der Waals surface area contributed by atoms with Gasteiger partial charge in [-0.1, -0.05) is 11.6 Å². The van der Waals surface area contributed by atoms with E-state index >= 15 is 0 Å². The summed E-state index contributed by atoms with van der Waals surface area (Å²) in [4.78, 5) is 14.6. The van der Waals surface area contributed by atoms with Crippen LogP contribution in [0.5, 0.6) is 0 Å². The van der Waals surface area contributed by atoms with E-state index < -0.39 is 27.8 Å². The van der Waals surface area contributed by atoms with Crippen molar-refractivity contribution in [3.8, 4) is 6.07 Å². The van der Waals surface area contributed by atoms with Crippen LogP contribution in [0.3, 0.4) is 0 Å². The van der Waals surface area contributed by atoms with Crippen molar-refractivity contribution in [3.63, 3.8) is 0 Å². The molecule has 1 aliphatic heterocycles. The monoisotopic (exact) mass is 427 g/mol. The highest BCUT2D eigenvalue weighted by Crippen LogP contribution is 2.26. The first-order chi connectivity index (χ1) is 12.8. The normalized spacial score (nSPS) is 17.3. The van der Waals surface area contributed by atoms with Gasteiger partial charge in [0.05, 0.1) is 27.4 Å². The lowest BCUT2D eigenvalue weighted by molar-refractivity contribution is -0.118. The number of hydrogen-bond donors (Lipinski definition) is 1. The van der Waals surface area contributed by atoms with Crippen molar-refractivity contribution in [3.05, 3.63) is 50.9 Å². The van der Waals surface area contributed by atoms with Crippen LogP contribution < -0.4 is 9.62 Å². The average Bonchev–Trinajstić information content (AvgIpc) is 3.19. The van der Waals surface area contributed by atoms with Crippen LogP contribution in [0.15, 0.2) is 30.3 Å². The molecule has 10 heteroatoms. The number of rotatable bonds is 6. The van der Waals surface area contributed by atoms with E-state index in [1.54, 1.807) is 12.1 Å². The summed E-state index contributed by atoms with van der Waals surface area (Å²) in [5, 5.41) is 8.79. The molecule has 3 rings (SSSR count). The number of halogens is 2. The van der Waals surface area contributed by atoms with Crippen molar-refractivity contribution in [2.24, 2.45) is 0 Å². The molecule has 1 atom stereocenters. The average molecular weight is 428 g/mol. The van der Waals surface area contributed by atoms with Gasteiger partial charge in [-0.25, -0.2) is 17.5 Å². The maximum Gasteiger partial charge on any atom is 0.245 e. The first kappa shape index (κ1) is 19.8. The molecule has 1 saturated heterocycles. The zero-order valence-corrected chi connectivity index (χ0v) is 16.4. The van der Waals surface area contributed by atoms with Crippen molar-refractivity contribution in [2.75, 3.05) is 17.2 Å². The van der Waals surface area contributed by atoms with Crippen molar-refractivity contribution < 1.29 is 17.6 Å². The van der Waals surface area contributed by atoms with Gasteiger partial charge < -0.3 is 4.90 Å². The highest BCUT2D eigenvalue weighted by molar-refractivity contribution is 7.89. The Bertz CT molecular complexity index is 1020. The third kappa shape index (κ3) is 4.65. The Labute approximate surface area is 165 Å². The van der Waals surface area contributed by atoms with E-state index in [1.165, 1.54) is 28.4 Å². The zero-order chi connectivity index (χ0) is 19.6. The van der Waals surface area contributed by atoms with Crippen LogP contribution in [0, 0.1) is 17.1 Å². The van der Waals surface area contributed by atoms with Crippen LogP contribution in [0.2, 0.25) is 4.34 Å². The number of sulfonamides is 1. The standard InChI is InChI=1S/C17H15ClFN3O3S2/c18-16-4-2-12(26-16)6-8-27(24,25)21-14-5-7-22(17(14)23)15-3-1-11(10-20)9-13(15)19/h1-4,9,14,21H,5-8H2. The number of thiophene rings is 1. The van der Waals surface area contributed by atoms with Crippen molar-refractivity contribution in [2.45, 2.75) is 18.9 Å². The molecule has 0 saturated carbocycles. The van der Waals surface area contributed by atoms with Crippen LogP contribution in [0.25, 0.3) is 0 Å². The number of anilines is 1. The zero-order valence-electron chi connectivity index (χ0n) is 14.0. The highest BCUT2D eigenvalue weighted by Gasteiger charge is 2.36. The van der Waals surface area contributed by atoms with Crippen LogP contribution >= 0.6 is 22.9 Å². The maximum atomic E-state index is 14.1. The maximum absolute atomic E-state index is 14.1. The summed E-state index contributed by atoms with van der Waals surface area (Å²) >= 11 is 7.14. The number of nitriles is 1. The van der Waals surface area contributed by atoms with E-state index in [2.05, 4.69) is 4.72 Å². The molecule has 2 aromatic rings. The molecular formula is C17H15ClFN3O3S2. The summed E-state index contributed by atoms with van der Waals surface area (Å²) in [5.74, 6) is -1.37. The number of amides is 1. The molecule has 2 heterocycles. The number of nitrogens with one attached hydrogen (secondary N) is 1. The number of hydrogen-bond acceptors (Lipinski definition) is 5. The van der Waals surface area contributed by atoms with E-state index in [0.717, 1.165) is 10.9 Å². The molecular weight excluding hydrogens is 413 g/mol. The second-order valence-electron chi connectivity index (χ2n) is 6.00. The fourth-order valence-electron chi connectivity index (χ4n) is 2.82. The largest absolute Gasteiger partial charge is 0.308 e. The molecule has 1 N–H and O–H groups in total. The van der Waals surface area contributed by atoms with Gasteiger partial charge in [0.1, 0.15) is 11.9 Å². The molecule has 0 aliphatic carbocycles. The smallest absolute Gasteiger partial charge is 0.245 e. The third-order valence-electron chi connectivity index (χ3n) is 4.14. The van der Waals surface area contributed by atoms with E-state index in [1.807, 2.05) is 6.07 Å². The van der Waals surface area contributed by atoms with Crippen molar-refractivity contribution >= 4 is 44.6 Å². The van der Waals surface area contributed by atoms with Gasteiger partial charge in [-0.2, -0.15) is 5.26 Å². The number of carbonyl (C=O) groups excluding carboxylic acids is 1. The molecule has 1 aliphatic rings. The summed E-state index contributed by atoms with van der Waals surface area (Å²) in [6.07, 6.45) is 0.532. The summed E-state index contributed by atoms with van der Waals surface area (Å²) in [6.45, 7) is 0.190. The Morgan fingerprint density at radius 3 is 2.78 bits per heavy atom. The highest BCUT2D eigenvalue weighted by atomic mass is 35.5. The lowest BCUT2D eigenvalue weighted by Gasteiger charge is -2.18. The van der Waals surface area contributed by atoms with Gasteiger partial charge in [-0.05, 0) is 43.2 Å². The molecule has 6 nitrogen and oxygen atoms in total. The Morgan fingerprint density at radius 2 is 2.15 bits per heavy atom. The van der Waals surface area contributed by atoms with Crippen LogP contribution in [0.4, 0.5) is 10.1 Å². The lowest BCUT2D eigenvalue weighted by Crippen LogP contribution is -2.42. The molecule has 1 amide bonds. The Balaban J connectivity index is 1.65. The minimum Gasteiger partial charge on any atom is -0.308 e. The first-order valence-corrected chi connectivity index (χ1v) is 10.9. The quantitative estimate of drug-likeness (QED) is 0.767. The first-order valence-electron chi connectivity index (χ1n) is 8.04. The van der Waals surface area contributed by atoms with Gasteiger partial charge in [0, 0.05) is 11.4 Å². The van der Waals surface area contributed by atoms with Gasteiger partial charge in [0.25, 0.3) is 0 Å². The molecule has 0 bridgehead atoms. The number of benzene rings is 1. The second-order valence-corrected chi connectivity index (χ2v) is 9.67. The fourth-order valence-corrected chi connectivity index (χ4v) is 5.30. The van der Waals surface area contributed by atoms with Crippen molar-refractivity contribution in [1.29, 1.82) is 5.26 Å². The van der Waals surface area contributed by atoms with Gasteiger partial charge >= 0.3 is 0 Å². The minimum atomic E-state index is -3.68. The second kappa shape index (κ2) is 7.94. The molecule has 1 aromatic carbocycles. The summed E-state index contributed by atoms with van der Waals surface area (Å²) < 4.78 is 41.7. The van der Waals surface area contributed by atoms with E-state index in [-0.39, 0.29) is 30.0 Å². The van der Waals surface area contributed by atoms with Gasteiger partial charge in [0.2, 0.25) is 15.9 Å². The summed E-state index contributed by atoms with van der Waals surface area (Å²) in [6, 6.07) is 8.16. The predicted octanol–water partition coefficient (Wildman–Crippen LogP) is 2.68. The van der Waals surface area contributed by atoms with Crippen molar-refractivity contribution in [1.82, 2.24) is 4.72 Å². The van der Waals surface area contributed by atoms with Gasteiger partial charge in [-0.3, -0.25) is 4.79 Å². The lowest BCUT2D eigenvalue weighted by atomic mass is 10.2. The summed E-state index contributed by atoms with van der Waals surface area (Å²) in [5.41, 5.74) is 0.183. The van der Waals surface area contributed by atoms with Crippen LogP contribution in [0.1, 0.15) is 16.9 Å². The van der Waals surface area contributed by atoms with Gasteiger partial charge in [-0.15, -0.1) is 11.3 Å². The Kier molecular flexibility index (Phi) is 5.81. The predicted molar refractivity (Wildman–Crippen MR) is 102 cm³/mol. The molecule has 142 valence electrons.